The van der Waals surface area contributed by atoms with Crippen LogP contribution in [0.25, 0.3) is 5.69 Å². The molecule has 1 amide bonds. The highest BCUT2D eigenvalue weighted by atomic mass is 19.4. The van der Waals surface area contributed by atoms with Crippen LogP contribution in [0.1, 0.15) is 28.9 Å². The number of carbonyl (C=O) groups is 1. The molecule has 1 aromatic heterocycles. The lowest BCUT2D eigenvalue weighted by Crippen LogP contribution is -2.48. The highest BCUT2D eigenvalue weighted by Crippen LogP contribution is 2.23. The van der Waals surface area contributed by atoms with Crippen molar-refractivity contribution in [2.24, 2.45) is 0 Å². The minimum Gasteiger partial charge on any atom is -0.406 e. The Balaban J connectivity index is 1.26. The van der Waals surface area contributed by atoms with Gasteiger partial charge in [-0.3, -0.25) is 9.69 Å². The van der Waals surface area contributed by atoms with Crippen LogP contribution in [0, 0.1) is 13.8 Å². The summed E-state index contributed by atoms with van der Waals surface area (Å²) in [7, 11) is 0. The molecule has 2 aromatic carbocycles. The maximum atomic E-state index is 12.9. The molecule has 0 bridgehead atoms. The lowest BCUT2D eigenvalue weighted by molar-refractivity contribution is -0.274. The second kappa shape index (κ2) is 10.5. The monoisotopic (exact) mass is 486 g/mol. The van der Waals surface area contributed by atoms with Gasteiger partial charge in [0.2, 0.25) is 5.91 Å². The number of benzene rings is 2. The van der Waals surface area contributed by atoms with E-state index in [9.17, 15) is 18.0 Å². The molecule has 0 aliphatic carbocycles. The summed E-state index contributed by atoms with van der Waals surface area (Å²) < 4.78 is 42.8. The summed E-state index contributed by atoms with van der Waals surface area (Å²) in [6, 6.07) is 15.9. The van der Waals surface area contributed by atoms with Crippen molar-refractivity contribution in [2.75, 3.05) is 26.2 Å². The van der Waals surface area contributed by atoms with E-state index in [4.69, 9.17) is 0 Å². The van der Waals surface area contributed by atoms with Gasteiger partial charge in [0, 0.05) is 44.8 Å². The molecule has 186 valence electrons. The largest absolute Gasteiger partial charge is 0.573 e. The van der Waals surface area contributed by atoms with Gasteiger partial charge in [-0.2, -0.15) is 5.10 Å². The summed E-state index contributed by atoms with van der Waals surface area (Å²) in [6.45, 7) is 7.34. The number of aryl methyl sites for hydroxylation is 1. The van der Waals surface area contributed by atoms with Crippen LogP contribution in [0.5, 0.6) is 5.75 Å². The van der Waals surface area contributed by atoms with Crippen molar-refractivity contribution in [3.63, 3.8) is 0 Å². The molecule has 1 aliphatic rings. The van der Waals surface area contributed by atoms with E-state index in [0.29, 0.717) is 32.5 Å². The third-order valence-corrected chi connectivity index (χ3v) is 6.32. The van der Waals surface area contributed by atoms with Crippen molar-refractivity contribution in [1.82, 2.24) is 19.6 Å². The van der Waals surface area contributed by atoms with Crippen LogP contribution in [0.15, 0.2) is 54.6 Å². The number of hydrogen-bond acceptors (Lipinski definition) is 4. The number of rotatable bonds is 7. The first-order valence-corrected chi connectivity index (χ1v) is 11.6. The fraction of sp³-hybridized carbons (Fsp3) is 0.385. The van der Waals surface area contributed by atoms with Gasteiger partial charge >= 0.3 is 6.36 Å². The van der Waals surface area contributed by atoms with E-state index in [-0.39, 0.29) is 11.7 Å². The van der Waals surface area contributed by atoms with Gasteiger partial charge < -0.3 is 9.64 Å². The molecule has 35 heavy (non-hydrogen) atoms. The Bertz CT molecular complexity index is 1140. The van der Waals surface area contributed by atoms with Crippen LogP contribution in [-0.4, -0.2) is 58.0 Å². The molecule has 0 unspecified atom stereocenters. The van der Waals surface area contributed by atoms with E-state index < -0.39 is 6.36 Å². The summed E-state index contributed by atoms with van der Waals surface area (Å²) in [4.78, 5) is 16.9. The first-order valence-electron chi connectivity index (χ1n) is 11.6. The van der Waals surface area contributed by atoms with Crippen LogP contribution < -0.4 is 4.74 Å². The molecule has 1 aliphatic heterocycles. The van der Waals surface area contributed by atoms with Gasteiger partial charge in [0.15, 0.2) is 0 Å². The standard InChI is InChI=1S/C26H29F3N4O2/c1-19-24(20(2)33(30-19)22-6-4-3-5-7-22)12-13-25(34)32-16-14-31(15-17-32)18-21-8-10-23(11-9-21)35-26(27,28)29/h3-11H,12-18H2,1-2H3. The Morgan fingerprint density at radius 2 is 1.63 bits per heavy atom. The number of piperazine rings is 1. The number of alkyl halides is 3. The Morgan fingerprint density at radius 1 is 0.971 bits per heavy atom. The van der Waals surface area contributed by atoms with Crippen LogP contribution in [0.2, 0.25) is 0 Å². The summed E-state index contributed by atoms with van der Waals surface area (Å²) in [6.07, 6.45) is -3.61. The number of carbonyl (C=O) groups excluding carboxylic acids is 1. The second-order valence-electron chi connectivity index (χ2n) is 8.75. The minimum atomic E-state index is -4.69. The molecular formula is C26H29F3N4O2. The van der Waals surface area contributed by atoms with Crippen LogP contribution in [-0.2, 0) is 17.8 Å². The number of amides is 1. The smallest absolute Gasteiger partial charge is 0.406 e. The van der Waals surface area contributed by atoms with Gasteiger partial charge in [0.05, 0.1) is 11.4 Å². The summed E-state index contributed by atoms with van der Waals surface area (Å²) >= 11 is 0. The lowest BCUT2D eigenvalue weighted by atomic mass is 10.1. The van der Waals surface area contributed by atoms with Crippen LogP contribution in [0.4, 0.5) is 13.2 Å². The maximum Gasteiger partial charge on any atom is 0.573 e. The predicted molar refractivity (Wildman–Crippen MR) is 126 cm³/mol. The SMILES string of the molecule is Cc1nn(-c2ccccc2)c(C)c1CCC(=O)N1CCN(Cc2ccc(OC(F)(F)F)cc2)CC1. The van der Waals surface area contributed by atoms with Crippen LogP contribution in [0.3, 0.4) is 0 Å². The molecule has 4 rings (SSSR count). The van der Waals surface area contributed by atoms with Crippen molar-refractivity contribution >= 4 is 5.91 Å². The first-order chi connectivity index (χ1) is 16.7. The van der Waals surface area contributed by atoms with Crippen LogP contribution >= 0.6 is 0 Å². The van der Waals surface area contributed by atoms with Crippen molar-refractivity contribution in [3.8, 4) is 11.4 Å². The van der Waals surface area contributed by atoms with E-state index in [1.165, 1.54) is 12.1 Å². The Kier molecular flexibility index (Phi) is 7.45. The number of aromatic nitrogens is 2. The van der Waals surface area contributed by atoms with E-state index in [2.05, 4.69) is 14.7 Å². The van der Waals surface area contributed by atoms with E-state index in [1.807, 2.05) is 53.8 Å². The molecule has 1 saturated heterocycles. The van der Waals surface area contributed by atoms with Gasteiger partial charge in [-0.25, -0.2) is 4.68 Å². The zero-order valence-electron chi connectivity index (χ0n) is 19.9. The highest BCUT2D eigenvalue weighted by molar-refractivity contribution is 5.76. The number of nitrogens with zero attached hydrogens (tertiary/aromatic N) is 4. The quantitative estimate of drug-likeness (QED) is 0.487. The van der Waals surface area contributed by atoms with E-state index >= 15 is 0 Å². The molecule has 2 heterocycles. The normalized spacial score (nSPS) is 14.8. The number of ether oxygens (including phenoxy) is 1. The number of para-hydroxylation sites is 1. The number of hydrogen-bond donors (Lipinski definition) is 0. The van der Waals surface area contributed by atoms with Crippen molar-refractivity contribution in [3.05, 3.63) is 77.1 Å². The fourth-order valence-corrected chi connectivity index (χ4v) is 4.46. The molecule has 1 fully saturated rings. The molecule has 0 saturated carbocycles. The Morgan fingerprint density at radius 3 is 2.26 bits per heavy atom. The molecule has 0 atom stereocenters. The Labute approximate surface area is 202 Å². The average Bonchev–Trinajstić information content (AvgIpc) is 3.12. The number of halogens is 3. The third kappa shape index (κ3) is 6.42. The second-order valence-corrected chi connectivity index (χ2v) is 8.75. The molecule has 0 spiro atoms. The maximum absolute atomic E-state index is 12.9. The van der Waals surface area contributed by atoms with Gasteiger partial charge in [-0.1, -0.05) is 30.3 Å². The van der Waals surface area contributed by atoms with Crippen molar-refractivity contribution < 1.29 is 22.7 Å². The molecular weight excluding hydrogens is 457 g/mol. The molecule has 0 N–H and O–H groups in total. The van der Waals surface area contributed by atoms with E-state index in [1.54, 1.807) is 12.1 Å². The summed E-state index contributed by atoms with van der Waals surface area (Å²) in [5.41, 5.74) is 5.01. The topological polar surface area (TPSA) is 50.6 Å². The van der Waals surface area contributed by atoms with Crippen molar-refractivity contribution in [2.45, 2.75) is 39.6 Å². The minimum absolute atomic E-state index is 0.129. The summed E-state index contributed by atoms with van der Waals surface area (Å²) in [5.74, 6) is -0.0963. The fourth-order valence-electron chi connectivity index (χ4n) is 4.46. The van der Waals surface area contributed by atoms with E-state index in [0.717, 1.165) is 41.3 Å². The predicted octanol–water partition coefficient (Wildman–Crippen LogP) is 4.66. The molecule has 3 aromatic rings. The molecule has 9 heteroatoms. The lowest BCUT2D eigenvalue weighted by Gasteiger charge is -2.35. The summed E-state index contributed by atoms with van der Waals surface area (Å²) in [5, 5.41) is 4.67. The van der Waals surface area contributed by atoms with Gasteiger partial charge in [0.1, 0.15) is 5.75 Å². The van der Waals surface area contributed by atoms with Gasteiger partial charge in [-0.05, 0) is 55.7 Å². The average molecular weight is 487 g/mol. The zero-order chi connectivity index (χ0) is 25.0. The van der Waals surface area contributed by atoms with Crippen molar-refractivity contribution in [1.29, 1.82) is 0 Å². The van der Waals surface area contributed by atoms with Gasteiger partial charge in [0.25, 0.3) is 0 Å². The highest BCUT2D eigenvalue weighted by Gasteiger charge is 2.31. The molecule has 0 radical (unpaired) electrons. The molecule has 6 nitrogen and oxygen atoms in total. The Hall–Kier alpha value is -3.33. The first kappa shape index (κ1) is 24.8. The zero-order valence-corrected chi connectivity index (χ0v) is 19.9. The third-order valence-electron chi connectivity index (χ3n) is 6.32. The van der Waals surface area contributed by atoms with Gasteiger partial charge in [-0.15, -0.1) is 13.2 Å².